The second-order valence-electron chi connectivity index (χ2n) is 3.47. The maximum absolute atomic E-state index is 11.4. The highest BCUT2D eigenvalue weighted by atomic mass is 16.1. The first-order chi connectivity index (χ1) is 6.68. The van der Waals surface area contributed by atoms with Gasteiger partial charge in [-0.3, -0.25) is 4.79 Å². The van der Waals surface area contributed by atoms with E-state index in [0.29, 0.717) is 0 Å². The molecule has 0 aliphatic heterocycles. The maximum Gasteiger partial charge on any atom is 0.255 e. The Morgan fingerprint density at radius 2 is 2.00 bits per heavy atom. The summed E-state index contributed by atoms with van der Waals surface area (Å²) in [6, 6.07) is 7.70. The van der Waals surface area contributed by atoms with Crippen molar-refractivity contribution in [3.63, 3.8) is 0 Å². The first-order valence-corrected chi connectivity index (χ1v) is 4.47. The summed E-state index contributed by atoms with van der Waals surface area (Å²) < 4.78 is 0. The Morgan fingerprint density at radius 1 is 1.21 bits per heavy atom. The molecule has 2 aromatic rings. The standard InChI is InChI=1S/C11H12N2O/c1-13(2)9-3-4-10-8(7-9)5-6-12-11(10)14/h3-7H,1-2H3,(H,12,14). The fourth-order valence-electron chi connectivity index (χ4n) is 1.46. The number of aromatic amines is 1. The van der Waals surface area contributed by atoms with Gasteiger partial charge in [0.05, 0.1) is 0 Å². The number of hydrogen-bond acceptors (Lipinski definition) is 2. The van der Waals surface area contributed by atoms with Crippen LogP contribution in [-0.2, 0) is 0 Å². The molecule has 0 radical (unpaired) electrons. The molecule has 3 nitrogen and oxygen atoms in total. The van der Waals surface area contributed by atoms with Crippen molar-refractivity contribution in [3.8, 4) is 0 Å². The molecule has 0 saturated heterocycles. The van der Waals surface area contributed by atoms with E-state index in [1.807, 2.05) is 43.3 Å². The lowest BCUT2D eigenvalue weighted by Crippen LogP contribution is -2.09. The number of anilines is 1. The van der Waals surface area contributed by atoms with Crippen LogP contribution in [0.2, 0.25) is 0 Å². The normalized spacial score (nSPS) is 10.4. The van der Waals surface area contributed by atoms with Crippen LogP contribution in [0.3, 0.4) is 0 Å². The Morgan fingerprint density at radius 3 is 2.71 bits per heavy atom. The minimum absolute atomic E-state index is 0.0344. The number of rotatable bonds is 1. The minimum Gasteiger partial charge on any atom is -0.378 e. The Balaban J connectivity index is 2.74. The molecule has 0 spiro atoms. The maximum atomic E-state index is 11.4. The molecule has 0 amide bonds. The van der Waals surface area contributed by atoms with Crippen LogP contribution in [0.5, 0.6) is 0 Å². The number of hydrogen-bond donors (Lipinski definition) is 1. The third kappa shape index (κ3) is 1.37. The number of H-pyrrole nitrogens is 1. The van der Waals surface area contributed by atoms with Crippen molar-refractivity contribution in [2.24, 2.45) is 0 Å². The highest BCUT2D eigenvalue weighted by Crippen LogP contribution is 2.17. The third-order valence-corrected chi connectivity index (χ3v) is 2.27. The molecule has 2 rings (SSSR count). The van der Waals surface area contributed by atoms with E-state index in [9.17, 15) is 4.79 Å². The van der Waals surface area contributed by atoms with E-state index in [4.69, 9.17) is 0 Å². The summed E-state index contributed by atoms with van der Waals surface area (Å²) in [7, 11) is 3.96. The quantitative estimate of drug-likeness (QED) is 0.737. The van der Waals surface area contributed by atoms with E-state index in [1.165, 1.54) is 0 Å². The molecule has 1 heterocycles. The highest BCUT2D eigenvalue weighted by Gasteiger charge is 1.99. The summed E-state index contributed by atoms with van der Waals surface area (Å²) in [5, 5.41) is 1.71. The largest absolute Gasteiger partial charge is 0.378 e. The lowest BCUT2D eigenvalue weighted by molar-refractivity contribution is 1.13. The topological polar surface area (TPSA) is 36.1 Å². The summed E-state index contributed by atoms with van der Waals surface area (Å²) in [5.74, 6) is 0. The van der Waals surface area contributed by atoms with Crippen LogP contribution in [0.25, 0.3) is 10.8 Å². The fraction of sp³-hybridized carbons (Fsp3) is 0.182. The molecule has 0 atom stereocenters. The lowest BCUT2D eigenvalue weighted by Gasteiger charge is -2.12. The van der Waals surface area contributed by atoms with Gasteiger partial charge in [0.1, 0.15) is 0 Å². The molecule has 0 saturated carbocycles. The van der Waals surface area contributed by atoms with Crippen LogP contribution < -0.4 is 10.5 Å². The smallest absolute Gasteiger partial charge is 0.255 e. The van der Waals surface area contributed by atoms with Gasteiger partial charge in [-0.15, -0.1) is 0 Å². The van der Waals surface area contributed by atoms with Crippen molar-refractivity contribution in [2.75, 3.05) is 19.0 Å². The minimum atomic E-state index is -0.0344. The molecule has 0 fully saturated rings. The van der Waals surface area contributed by atoms with Gasteiger partial charge in [0.15, 0.2) is 0 Å². The van der Waals surface area contributed by atoms with Crippen LogP contribution in [0, 0.1) is 0 Å². The molecule has 0 unspecified atom stereocenters. The molecule has 1 aromatic heterocycles. The number of aromatic nitrogens is 1. The Bertz CT molecular complexity index is 514. The predicted molar refractivity (Wildman–Crippen MR) is 58.9 cm³/mol. The van der Waals surface area contributed by atoms with E-state index < -0.39 is 0 Å². The van der Waals surface area contributed by atoms with E-state index in [-0.39, 0.29) is 5.56 Å². The van der Waals surface area contributed by atoms with Gasteiger partial charge in [0, 0.05) is 31.4 Å². The van der Waals surface area contributed by atoms with Gasteiger partial charge in [0.25, 0.3) is 5.56 Å². The van der Waals surface area contributed by atoms with E-state index in [2.05, 4.69) is 4.98 Å². The summed E-state index contributed by atoms with van der Waals surface area (Å²) in [5.41, 5.74) is 1.07. The van der Waals surface area contributed by atoms with Crippen molar-refractivity contribution in [1.82, 2.24) is 4.98 Å². The van der Waals surface area contributed by atoms with Gasteiger partial charge in [-0.1, -0.05) is 0 Å². The summed E-state index contributed by atoms with van der Waals surface area (Å²) in [6.45, 7) is 0. The van der Waals surface area contributed by atoms with Crippen molar-refractivity contribution in [2.45, 2.75) is 0 Å². The second kappa shape index (κ2) is 3.18. The monoisotopic (exact) mass is 188 g/mol. The first-order valence-electron chi connectivity index (χ1n) is 4.47. The molecular weight excluding hydrogens is 176 g/mol. The van der Waals surface area contributed by atoms with Crippen LogP contribution >= 0.6 is 0 Å². The number of benzene rings is 1. The third-order valence-electron chi connectivity index (χ3n) is 2.27. The number of pyridine rings is 1. The molecule has 1 N–H and O–H groups in total. The van der Waals surface area contributed by atoms with Crippen LogP contribution in [0.15, 0.2) is 35.3 Å². The van der Waals surface area contributed by atoms with Gasteiger partial charge in [0.2, 0.25) is 0 Å². The molecule has 72 valence electrons. The first kappa shape index (κ1) is 8.81. The summed E-state index contributed by atoms with van der Waals surface area (Å²) in [6.07, 6.45) is 1.67. The Hall–Kier alpha value is -1.77. The molecule has 0 aliphatic carbocycles. The SMILES string of the molecule is CN(C)c1ccc2c(=O)[nH]ccc2c1. The molecular formula is C11H12N2O. The van der Waals surface area contributed by atoms with Crippen LogP contribution in [0.4, 0.5) is 5.69 Å². The van der Waals surface area contributed by atoms with Gasteiger partial charge in [-0.2, -0.15) is 0 Å². The molecule has 14 heavy (non-hydrogen) atoms. The van der Waals surface area contributed by atoms with Gasteiger partial charge >= 0.3 is 0 Å². The van der Waals surface area contributed by atoms with Crippen LogP contribution in [-0.4, -0.2) is 19.1 Å². The highest BCUT2D eigenvalue weighted by molar-refractivity contribution is 5.84. The zero-order chi connectivity index (χ0) is 10.1. The number of nitrogens with zero attached hydrogens (tertiary/aromatic N) is 1. The molecule has 0 aliphatic rings. The lowest BCUT2D eigenvalue weighted by atomic mass is 10.1. The van der Waals surface area contributed by atoms with Crippen molar-refractivity contribution >= 4 is 16.5 Å². The van der Waals surface area contributed by atoms with E-state index >= 15 is 0 Å². The van der Waals surface area contributed by atoms with E-state index in [0.717, 1.165) is 16.5 Å². The van der Waals surface area contributed by atoms with Gasteiger partial charge in [-0.05, 0) is 29.7 Å². The Labute approximate surface area is 82.0 Å². The average Bonchev–Trinajstić information content (AvgIpc) is 2.17. The Kier molecular flexibility index (Phi) is 2.00. The predicted octanol–water partition coefficient (Wildman–Crippen LogP) is 1.59. The molecule has 1 aromatic carbocycles. The van der Waals surface area contributed by atoms with Gasteiger partial charge < -0.3 is 9.88 Å². The van der Waals surface area contributed by atoms with E-state index in [1.54, 1.807) is 6.20 Å². The second-order valence-corrected chi connectivity index (χ2v) is 3.47. The van der Waals surface area contributed by atoms with Crippen LogP contribution in [0.1, 0.15) is 0 Å². The van der Waals surface area contributed by atoms with Crippen molar-refractivity contribution < 1.29 is 0 Å². The van der Waals surface area contributed by atoms with Crippen molar-refractivity contribution in [3.05, 3.63) is 40.8 Å². The molecule has 0 bridgehead atoms. The summed E-state index contributed by atoms with van der Waals surface area (Å²) in [4.78, 5) is 16.1. The summed E-state index contributed by atoms with van der Waals surface area (Å²) >= 11 is 0. The zero-order valence-corrected chi connectivity index (χ0v) is 8.24. The zero-order valence-electron chi connectivity index (χ0n) is 8.24. The number of fused-ring (bicyclic) bond motifs is 1. The van der Waals surface area contributed by atoms with Gasteiger partial charge in [-0.25, -0.2) is 0 Å². The fourth-order valence-corrected chi connectivity index (χ4v) is 1.46. The molecule has 3 heteroatoms. The van der Waals surface area contributed by atoms with Crippen molar-refractivity contribution in [1.29, 1.82) is 0 Å². The average molecular weight is 188 g/mol. The number of nitrogens with one attached hydrogen (secondary N) is 1.